The Balaban J connectivity index is 1.90. The third-order valence-corrected chi connectivity index (χ3v) is 5.46. The SMILES string of the molecule is Cc1ccc(C(O)(CCN)COCc2cc(C(F)(F)F)cc(C(F)(F)F)c2)c2ccccc12. The molecule has 3 aromatic carbocycles. The predicted octanol–water partition coefficient (Wildman–Crippen LogP) is 5.94. The van der Waals surface area contributed by atoms with Crippen molar-refractivity contribution in [3.05, 3.63) is 82.4 Å². The summed E-state index contributed by atoms with van der Waals surface area (Å²) in [5, 5.41) is 13.0. The minimum atomic E-state index is -4.95. The van der Waals surface area contributed by atoms with Gasteiger partial charge in [0.05, 0.1) is 24.3 Å². The quantitative estimate of drug-likeness (QED) is 0.420. The molecule has 0 amide bonds. The normalized spacial score (nSPS) is 14.5. The number of aliphatic hydroxyl groups is 1. The van der Waals surface area contributed by atoms with Gasteiger partial charge in [0.1, 0.15) is 5.60 Å². The molecule has 1 unspecified atom stereocenters. The Bertz CT molecular complexity index is 1090. The summed E-state index contributed by atoms with van der Waals surface area (Å²) >= 11 is 0. The summed E-state index contributed by atoms with van der Waals surface area (Å²) in [5.74, 6) is 0. The van der Waals surface area contributed by atoms with Crippen LogP contribution in [-0.4, -0.2) is 18.3 Å². The molecular formula is C24H23F6NO2. The number of ether oxygens (including phenoxy) is 1. The van der Waals surface area contributed by atoms with Crippen molar-refractivity contribution in [3.63, 3.8) is 0 Å². The number of rotatable bonds is 7. The van der Waals surface area contributed by atoms with Crippen LogP contribution in [-0.2, 0) is 29.3 Å². The Hall–Kier alpha value is -2.62. The van der Waals surface area contributed by atoms with Crippen LogP contribution in [0.25, 0.3) is 10.8 Å². The molecule has 3 aromatic rings. The van der Waals surface area contributed by atoms with Gasteiger partial charge in [-0.3, -0.25) is 0 Å². The molecule has 0 radical (unpaired) electrons. The highest BCUT2D eigenvalue weighted by Gasteiger charge is 2.37. The number of hydrogen-bond donors (Lipinski definition) is 2. The van der Waals surface area contributed by atoms with Crippen molar-refractivity contribution < 1.29 is 36.2 Å². The van der Waals surface area contributed by atoms with E-state index >= 15 is 0 Å². The van der Waals surface area contributed by atoms with Crippen LogP contribution in [0.2, 0.25) is 0 Å². The first-order valence-corrected chi connectivity index (χ1v) is 10.1. The van der Waals surface area contributed by atoms with Crippen LogP contribution in [0.5, 0.6) is 0 Å². The van der Waals surface area contributed by atoms with E-state index in [-0.39, 0.29) is 31.2 Å². The van der Waals surface area contributed by atoms with Crippen molar-refractivity contribution in [2.24, 2.45) is 5.73 Å². The maximum atomic E-state index is 13.1. The van der Waals surface area contributed by atoms with Crippen LogP contribution in [0, 0.1) is 6.92 Å². The maximum absolute atomic E-state index is 13.1. The van der Waals surface area contributed by atoms with Gasteiger partial charge < -0.3 is 15.6 Å². The van der Waals surface area contributed by atoms with Crippen molar-refractivity contribution in [1.82, 2.24) is 0 Å². The van der Waals surface area contributed by atoms with Gasteiger partial charge in [-0.05, 0) is 65.6 Å². The Morgan fingerprint density at radius 2 is 1.42 bits per heavy atom. The van der Waals surface area contributed by atoms with Crippen molar-refractivity contribution in [3.8, 4) is 0 Å². The molecule has 3 nitrogen and oxygen atoms in total. The second-order valence-electron chi connectivity index (χ2n) is 7.95. The summed E-state index contributed by atoms with van der Waals surface area (Å²) < 4.78 is 84.0. The second kappa shape index (κ2) is 9.32. The molecule has 0 heterocycles. The first kappa shape index (κ1) is 25.0. The molecular weight excluding hydrogens is 448 g/mol. The average Bonchev–Trinajstić information content (AvgIpc) is 2.73. The third kappa shape index (κ3) is 5.66. The lowest BCUT2D eigenvalue weighted by Gasteiger charge is -2.30. The van der Waals surface area contributed by atoms with E-state index in [9.17, 15) is 31.4 Å². The van der Waals surface area contributed by atoms with Gasteiger partial charge >= 0.3 is 12.4 Å². The van der Waals surface area contributed by atoms with Crippen LogP contribution >= 0.6 is 0 Å². The number of benzene rings is 3. The monoisotopic (exact) mass is 471 g/mol. The lowest BCUT2D eigenvalue weighted by molar-refractivity contribution is -0.143. The van der Waals surface area contributed by atoms with Gasteiger partial charge in [0, 0.05) is 0 Å². The smallest absolute Gasteiger partial charge is 0.383 e. The zero-order valence-corrected chi connectivity index (χ0v) is 17.7. The number of fused-ring (bicyclic) bond motifs is 1. The van der Waals surface area contributed by atoms with Gasteiger partial charge in [0.2, 0.25) is 0 Å². The Kier molecular flexibility index (Phi) is 7.07. The number of nitrogens with two attached hydrogens (primary N) is 1. The van der Waals surface area contributed by atoms with Crippen molar-refractivity contribution in [2.45, 2.75) is 37.9 Å². The van der Waals surface area contributed by atoms with Crippen LogP contribution in [0.3, 0.4) is 0 Å². The van der Waals surface area contributed by atoms with Crippen molar-refractivity contribution >= 4 is 10.8 Å². The molecule has 0 aliphatic carbocycles. The van der Waals surface area contributed by atoms with Crippen molar-refractivity contribution in [2.75, 3.05) is 13.2 Å². The van der Waals surface area contributed by atoms with E-state index in [4.69, 9.17) is 10.5 Å². The first-order chi connectivity index (χ1) is 15.3. The molecule has 0 bridgehead atoms. The molecule has 0 aliphatic rings. The standard InChI is InChI=1S/C24H23F6NO2/c1-15-6-7-21(20-5-3-2-4-19(15)20)22(32,8-9-31)14-33-13-16-10-17(23(25,26)27)12-18(11-16)24(28,29)30/h2-7,10-12,32H,8-9,13-14,31H2,1H3. The highest BCUT2D eigenvalue weighted by Crippen LogP contribution is 2.37. The van der Waals surface area contributed by atoms with Gasteiger partial charge in [-0.1, -0.05) is 36.4 Å². The van der Waals surface area contributed by atoms with Gasteiger partial charge in [0.25, 0.3) is 0 Å². The molecule has 3 N–H and O–H groups in total. The molecule has 1 atom stereocenters. The summed E-state index contributed by atoms with van der Waals surface area (Å²) in [4.78, 5) is 0. The van der Waals surface area contributed by atoms with E-state index in [1.54, 1.807) is 12.1 Å². The second-order valence-corrected chi connectivity index (χ2v) is 7.95. The summed E-state index contributed by atoms with van der Waals surface area (Å²) in [6, 6.07) is 12.2. The van der Waals surface area contributed by atoms with Crippen LogP contribution in [0.15, 0.2) is 54.6 Å². The van der Waals surface area contributed by atoms with Crippen LogP contribution in [0.4, 0.5) is 26.3 Å². The Morgan fingerprint density at radius 3 is 1.97 bits per heavy atom. The minimum absolute atomic E-state index is 0.0622. The molecule has 0 fully saturated rings. The van der Waals surface area contributed by atoms with E-state index < -0.39 is 35.7 Å². The topological polar surface area (TPSA) is 55.5 Å². The van der Waals surface area contributed by atoms with Crippen LogP contribution < -0.4 is 5.73 Å². The molecule has 33 heavy (non-hydrogen) atoms. The number of aryl methyl sites for hydroxylation is 1. The summed E-state index contributed by atoms with van der Waals surface area (Å²) in [6.07, 6.45) is -9.81. The van der Waals surface area contributed by atoms with Crippen LogP contribution in [0.1, 0.15) is 34.2 Å². The third-order valence-electron chi connectivity index (χ3n) is 5.46. The Morgan fingerprint density at radius 1 is 0.848 bits per heavy atom. The summed E-state index contributed by atoms with van der Waals surface area (Å²) in [7, 11) is 0. The predicted molar refractivity (Wildman–Crippen MR) is 112 cm³/mol. The molecule has 0 aliphatic heterocycles. The first-order valence-electron chi connectivity index (χ1n) is 10.1. The highest BCUT2D eigenvalue weighted by molar-refractivity contribution is 5.89. The fourth-order valence-corrected chi connectivity index (χ4v) is 3.82. The largest absolute Gasteiger partial charge is 0.416 e. The Labute approximate surface area is 186 Å². The lowest BCUT2D eigenvalue weighted by Crippen LogP contribution is -2.34. The highest BCUT2D eigenvalue weighted by atomic mass is 19.4. The van der Waals surface area contributed by atoms with E-state index in [2.05, 4.69) is 0 Å². The fraction of sp³-hybridized carbons (Fsp3) is 0.333. The number of halogens is 6. The minimum Gasteiger partial charge on any atom is -0.383 e. The summed E-state index contributed by atoms with van der Waals surface area (Å²) in [5.41, 5.74) is 2.45. The molecule has 178 valence electrons. The molecule has 0 saturated carbocycles. The van der Waals surface area contributed by atoms with E-state index in [0.29, 0.717) is 17.7 Å². The molecule has 0 aromatic heterocycles. The molecule has 0 spiro atoms. The fourth-order valence-electron chi connectivity index (χ4n) is 3.82. The van der Waals surface area contributed by atoms with E-state index in [0.717, 1.165) is 16.3 Å². The van der Waals surface area contributed by atoms with Gasteiger partial charge in [-0.2, -0.15) is 26.3 Å². The van der Waals surface area contributed by atoms with Crippen molar-refractivity contribution in [1.29, 1.82) is 0 Å². The van der Waals surface area contributed by atoms with Gasteiger partial charge in [-0.15, -0.1) is 0 Å². The zero-order valence-electron chi connectivity index (χ0n) is 17.7. The molecule has 0 saturated heterocycles. The van der Waals surface area contributed by atoms with Gasteiger partial charge in [-0.25, -0.2) is 0 Å². The molecule has 3 rings (SSSR count). The number of alkyl halides is 6. The molecule has 9 heteroatoms. The average molecular weight is 471 g/mol. The number of hydrogen-bond acceptors (Lipinski definition) is 3. The van der Waals surface area contributed by atoms with Gasteiger partial charge in [0.15, 0.2) is 0 Å². The lowest BCUT2D eigenvalue weighted by atomic mass is 9.86. The maximum Gasteiger partial charge on any atom is 0.416 e. The summed E-state index contributed by atoms with van der Waals surface area (Å²) in [6.45, 7) is 1.08. The zero-order chi connectivity index (χ0) is 24.4. The van der Waals surface area contributed by atoms with E-state index in [1.165, 1.54) is 0 Å². The van der Waals surface area contributed by atoms with E-state index in [1.807, 2.05) is 31.2 Å².